The number of halogens is 1. The summed E-state index contributed by atoms with van der Waals surface area (Å²) in [5.74, 6) is 0.906. The predicted molar refractivity (Wildman–Crippen MR) is 86.5 cm³/mol. The van der Waals surface area contributed by atoms with Gasteiger partial charge in [0.05, 0.1) is 11.2 Å². The van der Waals surface area contributed by atoms with E-state index >= 15 is 0 Å². The summed E-state index contributed by atoms with van der Waals surface area (Å²) in [5, 5.41) is 8.26. The van der Waals surface area contributed by atoms with E-state index in [4.69, 9.17) is 11.6 Å². The third-order valence-electron chi connectivity index (χ3n) is 3.19. The molecule has 0 radical (unpaired) electrons. The van der Waals surface area contributed by atoms with Crippen molar-refractivity contribution in [2.75, 3.05) is 11.9 Å². The van der Waals surface area contributed by atoms with Crippen molar-refractivity contribution >= 4 is 17.4 Å². The monoisotopic (exact) mass is 307 g/mol. The van der Waals surface area contributed by atoms with Crippen molar-refractivity contribution < 1.29 is 0 Å². The molecule has 0 aliphatic rings. The Morgan fingerprint density at radius 2 is 2.14 bits per heavy atom. The molecule has 0 atom stereocenters. The zero-order valence-electron chi connectivity index (χ0n) is 13.0. The minimum Gasteiger partial charge on any atom is -0.355 e. The van der Waals surface area contributed by atoms with Crippen LogP contribution in [0.3, 0.4) is 0 Å². The third-order valence-corrected chi connectivity index (χ3v) is 3.53. The summed E-state index contributed by atoms with van der Waals surface area (Å²) in [5.41, 5.74) is 2.21. The summed E-state index contributed by atoms with van der Waals surface area (Å²) in [6.45, 7) is 5.74. The van der Waals surface area contributed by atoms with Crippen LogP contribution in [0.15, 0.2) is 24.7 Å². The molecule has 0 unspecified atom stereocenters. The summed E-state index contributed by atoms with van der Waals surface area (Å²) in [7, 11) is 3.93. The Labute approximate surface area is 130 Å². The lowest BCUT2D eigenvalue weighted by Crippen LogP contribution is -2.23. The van der Waals surface area contributed by atoms with Gasteiger partial charge < -0.3 is 10.2 Å². The van der Waals surface area contributed by atoms with Crippen molar-refractivity contribution in [1.29, 1.82) is 0 Å². The summed E-state index contributed by atoms with van der Waals surface area (Å²) in [6.07, 6.45) is 5.59. The summed E-state index contributed by atoms with van der Waals surface area (Å²) >= 11 is 6.21. The van der Waals surface area contributed by atoms with Crippen molar-refractivity contribution in [1.82, 2.24) is 20.1 Å². The van der Waals surface area contributed by atoms with E-state index in [1.54, 1.807) is 10.9 Å². The van der Waals surface area contributed by atoms with Gasteiger partial charge in [-0.15, -0.1) is 0 Å². The van der Waals surface area contributed by atoms with E-state index in [2.05, 4.69) is 34.1 Å². The van der Waals surface area contributed by atoms with Crippen molar-refractivity contribution in [2.24, 2.45) is 7.05 Å². The minimum absolute atomic E-state index is 0.422. The molecule has 114 valence electrons. The molecule has 6 heteroatoms. The standard InChI is InChI=1S/C15H22ClN5/c1-11(2)17-7-13-5-15(18-8-14(13)16)20(3)9-12-6-19-21(4)10-12/h5-6,8,10-11,17H,7,9H2,1-4H3. The molecule has 2 rings (SSSR count). The average molecular weight is 308 g/mol. The highest BCUT2D eigenvalue weighted by Gasteiger charge is 2.09. The van der Waals surface area contributed by atoms with Crippen LogP contribution in [-0.2, 0) is 20.1 Å². The van der Waals surface area contributed by atoms with E-state index in [1.807, 2.05) is 32.6 Å². The van der Waals surface area contributed by atoms with Crippen molar-refractivity contribution in [3.63, 3.8) is 0 Å². The molecule has 21 heavy (non-hydrogen) atoms. The maximum Gasteiger partial charge on any atom is 0.128 e. The first kappa shape index (κ1) is 15.8. The van der Waals surface area contributed by atoms with Crippen LogP contribution in [-0.4, -0.2) is 27.9 Å². The number of aryl methyl sites for hydroxylation is 1. The fourth-order valence-corrected chi connectivity index (χ4v) is 2.20. The lowest BCUT2D eigenvalue weighted by atomic mass is 10.2. The lowest BCUT2D eigenvalue weighted by molar-refractivity contribution is 0.588. The molecule has 2 aromatic heterocycles. The highest BCUT2D eigenvalue weighted by Crippen LogP contribution is 2.21. The fraction of sp³-hybridized carbons (Fsp3) is 0.467. The van der Waals surface area contributed by atoms with Gasteiger partial charge in [-0.25, -0.2) is 4.98 Å². The fourth-order valence-electron chi connectivity index (χ4n) is 2.03. The Bertz CT molecular complexity index is 593. The molecule has 0 saturated heterocycles. The third kappa shape index (κ3) is 4.44. The molecule has 5 nitrogen and oxygen atoms in total. The quantitative estimate of drug-likeness (QED) is 0.891. The number of aromatic nitrogens is 3. The van der Waals surface area contributed by atoms with Gasteiger partial charge in [0.15, 0.2) is 0 Å². The van der Waals surface area contributed by atoms with Gasteiger partial charge in [-0.05, 0) is 11.6 Å². The second-order valence-corrected chi connectivity index (χ2v) is 5.96. The van der Waals surface area contributed by atoms with Gasteiger partial charge in [0.1, 0.15) is 5.82 Å². The van der Waals surface area contributed by atoms with Crippen LogP contribution in [0.25, 0.3) is 0 Å². The molecule has 0 saturated carbocycles. The van der Waals surface area contributed by atoms with E-state index in [0.717, 1.165) is 30.0 Å². The smallest absolute Gasteiger partial charge is 0.128 e. The molecule has 0 bridgehead atoms. The second-order valence-electron chi connectivity index (χ2n) is 5.55. The van der Waals surface area contributed by atoms with E-state index < -0.39 is 0 Å². The van der Waals surface area contributed by atoms with Crippen LogP contribution in [0.1, 0.15) is 25.0 Å². The number of anilines is 1. The van der Waals surface area contributed by atoms with Crippen molar-refractivity contribution in [3.8, 4) is 0 Å². The molecular formula is C15H22ClN5. The molecule has 0 aliphatic carbocycles. The van der Waals surface area contributed by atoms with E-state index in [1.165, 1.54) is 0 Å². The number of hydrogen-bond donors (Lipinski definition) is 1. The maximum atomic E-state index is 6.21. The Balaban J connectivity index is 2.09. The molecule has 0 spiro atoms. The van der Waals surface area contributed by atoms with Crippen LogP contribution >= 0.6 is 11.6 Å². The average Bonchev–Trinajstić information content (AvgIpc) is 2.83. The Kier molecular flexibility index (Phi) is 5.20. The van der Waals surface area contributed by atoms with Gasteiger partial charge in [0, 0.05) is 51.2 Å². The highest BCUT2D eigenvalue weighted by atomic mass is 35.5. The maximum absolute atomic E-state index is 6.21. The van der Waals surface area contributed by atoms with Crippen LogP contribution in [0.2, 0.25) is 5.02 Å². The normalized spacial score (nSPS) is 11.1. The zero-order valence-corrected chi connectivity index (χ0v) is 13.7. The summed E-state index contributed by atoms with van der Waals surface area (Å²) in [4.78, 5) is 6.50. The van der Waals surface area contributed by atoms with Gasteiger partial charge in [-0.1, -0.05) is 25.4 Å². The first-order valence-corrected chi connectivity index (χ1v) is 7.40. The van der Waals surface area contributed by atoms with Crippen molar-refractivity contribution in [3.05, 3.63) is 40.8 Å². The van der Waals surface area contributed by atoms with Crippen LogP contribution in [0, 0.1) is 0 Å². The van der Waals surface area contributed by atoms with Gasteiger partial charge in [-0.3, -0.25) is 4.68 Å². The number of rotatable bonds is 6. The van der Waals surface area contributed by atoms with E-state index in [9.17, 15) is 0 Å². The molecular weight excluding hydrogens is 286 g/mol. The molecule has 0 aromatic carbocycles. The molecule has 0 fully saturated rings. The lowest BCUT2D eigenvalue weighted by Gasteiger charge is -2.19. The van der Waals surface area contributed by atoms with Crippen LogP contribution in [0.5, 0.6) is 0 Å². The summed E-state index contributed by atoms with van der Waals surface area (Å²) in [6, 6.07) is 2.46. The highest BCUT2D eigenvalue weighted by molar-refractivity contribution is 6.31. The number of nitrogens with zero attached hydrogens (tertiary/aromatic N) is 4. The zero-order chi connectivity index (χ0) is 15.4. The van der Waals surface area contributed by atoms with E-state index in [-0.39, 0.29) is 0 Å². The van der Waals surface area contributed by atoms with Gasteiger partial charge >= 0.3 is 0 Å². The van der Waals surface area contributed by atoms with E-state index in [0.29, 0.717) is 11.1 Å². The molecule has 2 heterocycles. The summed E-state index contributed by atoms with van der Waals surface area (Å²) < 4.78 is 1.80. The number of nitrogens with one attached hydrogen (secondary N) is 1. The predicted octanol–water partition coefficient (Wildman–Crippen LogP) is 2.60. The van der Waals surface area contributed by atoms with Crippen LogP contribution < -0.4 is 10.2 Å². The Morgan fingerprint density at radius 3 is 2.76 bits per heavy atom. The minimum atomic E-state index is 0.422. The Morgan fingerprint density at radius 1 is 1.38 bits per heavy atom. The largest absolute Gasteiger partial charge is 0.355 e. The molecule has 1 N–H and O–H groups in total. The SMILES string of the molecule is CC(C)NCc1cc(N(C)Cc2cnn(C)c2)ncc1Cl. The van der Waals surface area contributed by atoms with Gasteiger partial charge in [-0.2, -0.15) is 5.10 Å². The molecule has 2 aromatic rings. The number of hydrogen-bond acceptors (Lipinski definition) is 4. The van der Waals surface area contributed by atoms with Gasteiger partial charge in [0.25, 0.3) is 0 Å². The first-order chi connectivity index (χ1) is 9.95. The molecule has 0 aliphatic heterocycles. The first-order valence-electron chi connectivity index (χ1n) is 7.02. The van der Waals surface area contributed by atoms with Gasteiger partial charge in [0.2, 0.25) is 0 Å². The Hall–Kier alpha value is -1.59. The second kappa shape index (κ2) is 6.91. The van der Waals surface area contributed by atoms with Crippen LogP contribution in [0.4, 0.5) is 5.82 Å². The topological polar surface area (TPSA) is 46.0 Å². The van der Waals surface area contributed by atoms with Crippen molar-refractivity contribution in [2.45, 2.75) is 33.0 Å². The molecule has 0 amide bonds. The number of pyridine rings is 1.